The van der Waals surface area contributed by atoms with Gasteiger partial charge in [-0.05, 0) is 77.6 Å². The zero-order valence-electron chi connectivity index (χ0n) is 69.9. The Labute approximate surface area is 687 Å². The number of hydrogen-bond donors (Lipinski definition) is 19. The molecule has 0 spiro atoms. The monoisotopic (exact) mass is 1680 g/mol. The summed E-state index contributed by atoms with van der Waals surface area (Å²) in [5, 5.41) is 118. The van der Waals surface area contributed by atoms with E-state index in [-0.39, 0.29) is 196 Å². The number of carbonyl (C=O) groups is 11. The highest BCUT2D eigenvalue weighted by Crippen LogP contribution is 2.26. The first-order valence-electron chi connectivity index (χ1n) is 41.4. The Morgan fingerprint density at radius 3 is 1.08 bits per heavy atom. The number of ketones is 1. The van der Waals surface area contributed by atoms with Crippen LogP contribution in [0.4, 0.5) is 0 Å². The first-order valence-corrected chi connectivity index (χ1v) is 41.4. The summed E-state index contributed by atoms with van der Waals surface area (Å²) in [4.78, 5) is 139. The van der Waals surface area contributed by atoms with Gasteiger partial charge in [0.2, 0.25) is 59.1 Å². The third-order valence-corrected chi connectivity index (χ3v) is 19.0. The van der Waals surface area contributed by atoms with E-state index in [1.165, 1.54) is 27.7 Å². The molecule has 14 atom stereocenters. The van der Waals surface area contributed by atoms with Crippen molar-refractivity contribution in [2.45, 2.75) is 300 Å². The number of nitrogens with one attached hydrogen (secondary N) is 10. The van der Waals surface area contributed by atoms with Crippen LogP contribution >= 0.6 is 0 Å². The second-order valence-corrected chi connectivity index (χ2v) is 30.7. The summed E-state index contributed by atoms with van der Waals surface area (Å²) in [6, 6.07) is -3.18. The smallest absolute Gasteiger partial charge is 0.222 e. The maximum atomic E-state index is 14.0. The number of carbonyl (C=O) groups excluding carboxylic acids is 11. The summed E-state index contributed by atoms with van der Waals surface area (Å²) in [5.74, 6) is -3.40. The maximum absolute atomic E-state index is 14.0. The van der Waals surface area contributed by atoms with E-state index in [1.54, 1.807) is 0 Å². The molecule has 117 heavy (non-hydrogen) atoms. The lowest BCUT2D eigenvalue weighted by molar-refractivity contribution is -0.270. The Bertz CT molecular complexity index is 2730. The topological polar surface area (TPSA) is 573 Å². The number of aliphatic hydroxyl groups is 9. The summed E-state index contributed by atoms with van der Waals surface area (Å²) in [6.07, 6.45) is -2.48. The van der Waals surface area contributed by atoms with Gasteiger partial charge in [-0.15, -0.1) is 0 Å². The normalized spacial score (nSPS) is 20.9. The number of aliphatic hydroxyl groups excluding tert-OH is 9. The number of hydrogen-bond acceptors (Lipinski definition) is 29. The van der Waals surface area contributed by atoms with E-state index in [2.05, 4.69) is 53.2 Å². The molecule has 2 heterocycles. The molecular formula is C78H142N10O29. The van der Waals surface area contributed by atoms with Gasteiger partial charge in [0.1, 0.15) is 72.2 Å². The van der Waals surface area contributed by atoms with Gasteiger partial charge in [-0.1, -0.05) is 59.3 Å². The fraction of sp³-hybridized carbons (Fsp3) is 0.859. The summed E-state index contributed by atoms with van der Waals surface area (Å²) in [7, 11) is 0. The van der Waals surface area contributed by atoms with Crippen molar-refractivity contribution < 1.29 is 141 Å². The van der Waals surface area contributed by atoms with Crippen LogP contribution in [0.3, 0.4) is 0 Å². The predicted octanol–water partition coefficient (Wildman–Crippen LogP) is -2.53. The fourth-order valence-electron chi connectivity index (χ4n) is 12.2. The zero-order valence-corrected chi connectivity index (χ0v) is 69.9. The Morgan fingerprint density at radius 2 is 0.744 bits per heavy atom. The van der Waals surface area contributed by atoms with E-state index in [0.29, 0.717) is 70.6 Å². The van der Waals surface area contributed by atoms with Gasteiger partial charge in [-0.25, -0.2) is 0 Å². The Balaban J connectivity index is 2.07. The van der Waals surface area contributed by atoms with Crippen LogP contribution in [-0.2, 0) is 95.4 Å². The molecule has 0 radical (unpaired) electrons. The predicted molar refractivity (Wildman–Crippen MR) is 422 cm³/mol. The Morgan fingerprint density at radius 1 is 0.402 bits per heavy atom. The van der Waals surface area contributed by atoms with Crippen molar-refractivity contribution in [3.8, 4) is 0 Å². The van der Waals surface area contributed by atoms with Crippen molar-refractivity contribution in [2.24, 2.45) is 5.41 Å². The summed E-state index contributed by atoms with van der Waals surface area (Å²) in [6.45, 7) is 9.12. The quantitative estimate of drug-likeness (QED) is 0.0221. The number of ether oxygens (including phenoxy) is 9. The van der Waals surface area contributed by atoms with Gasteiger partial charge in [-0.3, -0.25) is 52.7 Å². The van der Waals surface area contributed by atoms with Gasteiger partial charge >= 0.3 is 0 Å². The number of rotatable bonds is 68. The average molecular weight is 1680 g/mol. The molecule has 12 unspecified atom stereocenters. The van der Waals surface area contributed by atoms with E-state index in [0.717, 1.165) is 44.9 Å². The van der Waals surface area contributed by atoms with Gasteiger partial charge in [0.25, 0.3) is 0 Å². The highest BCUT2D eigenvalue weighted by atomic mass is 16.7. The molecule has 39 heteroatoms. The fourth-order valence-corrected chi connectivity index (χ4v) is 12.2. The number of unbranched alkanes of at least 4 members (excludes halogenated alkanes) is 10. The minimum absolute atomic E-state index is 0.0623. The van der Waals surface area contributed by atoms with Gasteiger partial charge in [0.15, 0.2) is 18.9 Å². The summed E-state index contributed by atoms with van der Waals surface area (Å²) in [5.41, 5.74) is -1.77. The molecule has 2 saturated heterocycles. The molecular weight excluding hydrogens is 1540 g/mol. The van der Waals surface area contributed by atoms with E-state index in [9.17, 15) is 98.7 Å². The van der Waals surface area contributed by atoms with E-state index >= 15 is 0 Å². The minimum Gasteiger partial charge on any atom is -0.394 e. The Kier molecular flexibility index (Phi) is 57.2. The van der Waals surface area contributed by atoms with Crippen molar-refractivity contribution in [2.75, 3.05) is 125 Å². The maximum Gasteiger partial charge on any atom is 0.222 e. The molecule has 0 aromatic heterocycles. The molecule has 2 aliphatic heterocycles. The van der Waals surface area contributed by atoms with Gasteiger partial charge < -0.3 is 142 Å². The summed E-state index contributed by atoms with van der Waals surface area (Å²) >= 11 is 0. The van der Waals surface area contributed by atoms with Crippen LogP contribution in [0.25, 0.3) is 0 Å². The van der Waals surface area contributed by atoms with Gasteiger partial charge in [0.05, 0.1) is 72.2 Å². The highest BCUT2D eigenvalue weighted by molar-refractivity contribution is 5.83. The van der Waals surface area contributed by atoms with Crippen LogP contribution in [0.5, 0.6) is 0 Å². The molecule has 0 aromatic carbocycles. The average Bonchev–Trinajstić information content (AvgIpc) is 0.808. The molecule has 678 valence electrons. The lowest BCUT2D eigenvalue weighted by Gasteiger charge is -2.42. The molecule has 2 aliphatic rings. The van der Waals surface area contributed by atoms with Crippen LogP contribution < -0.4 is 53.2 Å². The molecule has 2 fully saturated rings. The first kappa shape index (κ1) is 107. The molecule has 19 N–H and O–H groups in total. The first-order chi connectivity index (χ1) is 55.8. The van der Waals surface area contributed by atoms with Gasteiger partial charge in [-0.2, -0.15) is 0 Å². The molecule has 0 aromatic rings. The molecule has 0 saturated carbocycles. The standard InChI is InChI=1S/C78H142N10O29/c1-52(93)57(46-90)115-74(56(45-89)85-53(2)94)112-39-19-16-26-61(98)79-33-22-36-82-64(101)30-42-109-49-78(88-67(104)29-15-13-11-9-8-10-12-14-25-60(97)77(5,6)7,50-110-43-31-65(102)83-37-23-34-80-62(99)27-17-20-40-113-75-68(86-54(3)95)72(107)70(105)58(47-91)116-75)51-111-44-32-66(103)84-38-24-35-81-63(100)28-18-21-41-114-76-69(87-55(4)96)73(108)71(106)59(48-92)117-76/h52,56-59,68-76,89-93,105-108H,8-51H2,1-7H3,(H,79,98)(H,80,99)(H,81,100)(H,82,101)(H,83,102)(H,84,103)(H,85,94)(H,86,95)(H,87,96)(H,88,104)/t52-,56-,57?,58?,59?,68?,69?,70?,71?,72?,73?,74?,75?,76?,78?/m0/s1. The van der Waals surface area contributed by atoms with E-state index < -0.39 is 136 Å². The lowest BCUT2D eigenvalue weighted by atomic mass is 9.88. The molecule has 2 rings (SSSR count). The van der Waals surface area contributed by atoms with Crippen molar-refractivity contribution in [3.05, 3.63) is 0 Å². The van der Waals surface area contributed by atoms with Crippen molar-refractivity contribution in [3.63, 3.8) is 0 Å². The largest absolute Gasteiger partial charge is 0.394 e. The third-order valence-electron chi connectivity index (χ3n) is 19.0. The number of amides is 10. The SMILES string of the molecule is CC(=O)NC1C(OCCCCC(=O)NCCCNC(=O)CCOCC(COCCC(=O)NCCCNC(=O)CCCCOC2OC(CO)C(O)C(O)C2NC(C)=O)(COCCC(=O)NCCCNC(=O)CCCCOC(OC(CO)[C@H](C)O)[C@H](CO)NC(C)=O)NC(=O)CCCCCCCCCCC(=O)C(C)(C)C)OC(CO)C(O)C1O. The minimum atomic E-state index is -1.46. The molecule has 0 bridgehead atoms. The molecule has 10 amide bonds. The zero-order chi connectivity index (χ0) is 87.0. The van der Waals surface area contributed by atoms with Crippen molar-refractivity contribution in [1.29, 1.82) is 0 Å². The number of Topliss-reactive ketones (excluding diaryl/α,β-unsaturated/α-hetero) is 1. The molecule has 39 nitrogen and oxygen atoms in total. The van der Waals surface area contributed by atoms with Crippen LogP contribution in [-0.4, -0.2) is 327 Å². The van der Waals surface area contributed by atoms with E-state index in [1.807, 2.05) is 20.8 Å². The lowest BCUT2D eigenvalue weighted by Crippen LogP contribution is -2.64. The van der Waals surface area contributed by atoms with E-state index in [4.69, 9.17) is 42.6 Å². The third kappa shape index (κ3) is 48.6. The molecule has 0 aliphatic carbocycles. The second-order valence-electron chi connectivity index (χ2n) is 30.7. The summed E-state index contributed by atoms with van der Waals surface area (Å²) < 4.78 is 52.3. The second kappa shape index (κ2) is 62.7. The van der Waals surface area contributed by atoms with Gasteiger partial charge in [0, 0.05) is 137 Å². The van der Waals surface area contributed by atoms with Crippen LogP contribution in [0, 0.1) is 5.41 Å². The van der Waals surface area contributed by atoms with Crippen LogP contribution in [0.2, 0.25) is 0 Å². The highest BCUT2D eigenvalue weighted by Gasteiger charge is 2.47. The van der Waals surface area contributed by atoms with Crippen molar-refractivity contribution in [1.82, 2.24) is 53.2 Å². The Hall–Kier alpha value is -6.35. The van der Waals surface area contributed by atoms with Crippen LogP contribution in [0.1, 0.15) is 209 Å². The van der Waals surface area contributed by atoms with Crippen molar-refractivity contribution >= 4 is 64.9 Å². The van der Waals surface area contributed by atoms with Crippen LogP contribution in [0.15, 0.2) is 0 Å².